The number of anilines is 2. The van der Waals surface area contributed by atoms with Crippen molar-refractivity contribution >= 4 is 35.3 Å². The first-order valence-electron chi connectivity index (χ1n) is 10.7. The number of methoxy groups -OCH3 is 1. The van der Waals surface area contributed by atoms with Gasteiger partial charge in [0.25, 0.3) is 5.91 Å². The molecule has 0 atom stereocenters. The number of benzene rings is 3. The molecule has 0 spiro atoms. The zero-order valence-electron chi connectivity index (χ0n) is 19.6. The predicted molar refractivity (Wildman–Crippen MR) is 134 cm³/mol. The minimum Gasteiger partial charge on any atom is -0.495 e. The summed E-state index contributed by atoms with van der Waals surface area (Å²) in [6.07, 6.45) is 1.36. The molecule has 0 aliphatic carbocycles. The lowest BCUT2D eigenvalue weighted by molar-refractivity contribution is -0.136. The molecule has 9 nitrogen and oxygen atoms in total. The molecule has 0 heterocycles. The first-order valence-corrected chi connectivity index (χ1v) is 10.7. The molecule has 3 rings (SSSR count). The molecule has 0 unspecified atom stereocenters. The third-order valence-corrected chi connectivity index (χ3v) is 4.91. The Labute approximate surface area is 203 Å². The number of nitrogens with zero attached hydrogens (tertiary/aromatic N) is 1. The van der Waals surface area contributed by atoms with Gasteiger partial charge in [0.05, 0.1) is 19.0 Å². The van der Waals surface area contributed by atoms with Crippen molar-refractivity contribution in [3.63, 3.8) is 0 Å². The second kappa shape index (κ2) is 12.0. The fourth-order valence-electron chi connectivity index (χ4n) is 3.16. The fraction of sp³-hybridized carbons (Fsp3) is 0.154. The number of rotatable bonds is 8. The second-order valence-electron chi connectivity index (χ2n) is 7.53. The number of carbonyl (C=O) groups excluding carboxylic acids is 3. The second-order valence-corrected chi connectivity index (χ2v) is 7.53. The predicted octanol–water partition coefficient (Wildman–Crippen LogP) is 3.42. The van der Waals surface area contributed by atoms with Crippen molar-refractivity contribution in [2.24, 2.45) is 5.10 Å². The molecule has 3 N–H and O–H groups in total. The molecule has 9 heteroatoms. The Balaban J connectivity index is 1.51. The average molecular weight is 475 g/mol. The molecule has 0 bridgehead atoms. The number of hydrazone groups is 1. The van der Waals surface area contributed by atoms with E-state index in [-0.39, 0.29) is 12.5 Å². The largest absolute Gasteiger partial charge is 0.495 e. The summed E-state index contributed by atoms with van der Waals surface area (Å²) in [7, 11) is 1.46. The molecule has 0 aliphatic rings. The van der Waals surface area contributed by atoms with E-state index in [0.717, 1.165) is 16.8 Å². The minimum absolute atomic E-state index is 0.172. The van der Waals surface area contributed by atoms with Crippen LogP contribution in [0, 0.1) is 13.8 Å². The first-order chi connectivity index (χ1) is 16.9. The summed E-state index contributed by atoms with van der Waals surface area (Å²) in [5.74, 6) is -1.24. The molecule has 3 amide bonds. The minimum atomic E-state index is -0.942. The number of hydrogen-bond donors (Lipinski definition) is 3. The van der Waals surface area contributed by atoms with E-state index < -0.39 is 11.8 Å². The molecule has 180 valence electrons. The fourth-order valence-corrected chi connectivity index (χ4v) is 3.16. The summed E-state index contributed by atoms with van der Waals surface area (Å²) < 4.78 is 10.7. The van der Waals surface area contributed by atoms with Crippen molar-refractivity contribution in [1.29, 1.82) is 0 Å². The molecule has 35 heavy (non-hydrogen) atoms. The van der Waals surface area contributed by atoms with Gasteiger partial charge in [-0.15, -0.1) is 0 Å². The van der Waals surface area contributed by atoms with Gasteiger partial charge in [-0.25, -0.2) is 5.43 Å². The van der Waals surface area contributed by atoms with Crippen LogP contribution in [0.2, 0.25) is 0 Å². The van der Waals surface area contributed by atoms with E-state index >= 15 is 0 Å². The molecular weight excluding hydrogens is 448 g/mol. The number of amides is 3. The van der Waals surface area contributed by atoms with E-state index in [9.17, 15) is 14.4 Å². The Morgan fingerprint density at radius 2 is 1.60 bits per heavy atom. The van der Waals surface area contributed by atoms with Crippen molar-refractivity contribution in [1.82, 2.24) is 5.43 Å². The number of carbonyl (C=O) groups is 3. The van der Waals surface area contributed by atoms with E-state index in [0.29, 0.717) is 22.7 Å². The number of hydrogen-bond acceptors (Lipinski definition) is 6. The Hall–Kier alpha value is -4.66. The van der Waals surface area contributed by atoms with Crippen molar-refractivity contribution in [3.05, 3.63) is 83.4 Å². The molecule has 3 aromatic rings. The zero-order valence-corrected chi connectivity index (χ0v) is 19.6. The van der Waals surface area contributed by atoms with Gasteiger partial charge in [0.15, 0.2) is 6.61 Å². The maximum Gasteiger partial charge on any atom is 0.329 e. The first kappa shape index (κ1) is 25.0. The highest BCUT2D eigenvalue weighted by atomic mass is 16.5. The lowest BCUT2D eigenvalue weighted by Gasteiger charge is -2.12. The molecule has 0 aliphatic heterocycles. The van der Waals surface area contributed by atoms with E-state index in [1.54, 1.807) is 48.5 Å². The monoisotopic (exact) mass is 474 g/mol. The standard InChI is InChI=1S/C26H26N4O5/c1-17-8-6-9-18(2)24(17)29-23(31)16-35-20-11-7-10-19(14-20)15-27-30-26(33)25(32)28-21-12-4-5-13-22(21)34-3/h4-15H,16H2,1-3H3,(H,28,32)(H,29,31)(H,30,33)/b27-15-. The van der Waals surface area contributed by atoms with Gasteiger partial charge in [-0.3, -0.25) is 14.4 Å². The van der Waals surface area contributed by atoms with Gasteiger partial charge < -0.3 is 20.1 Å². The highest BCUT2D eigenvalue weighted by Gasteiger charge is 2.15. The Bertz CT molecular complexity index is 1240. The van der Waals surface area contributed by atoms with Crippen molar-refractivity contribution in [2.45, 2.75) is 13.8 Å². The number of nitrogens with one attached hydrogen (secondary N) is 3. The topological polar surface area (TPSA) is 118 Å². The highest BCUT2D eigenvalue weighted by molar-refractivity contribution is 6.39. The van der Waals surface area contributed by atoms with Crippen LogP contribution in [-0.4, -0.2) is 37.7 Å². The lowest BCUT2D eigenvalue weighted by atomic mass is 10.1. The van der Waals surface area contributed by atoms with Crippen molar-refractivity contribution in [3.8, 4) is 11.5 Å². The SMILES string of the molecule is COc1ccccc1NC(=O)C(=O)N/N=C\c1cccc(OCC(=O)Nc2c(C)cccc2C)c1. The highest BCUT2D eigenvalue weighted by Crippen LogP contribution is 2.23. The van der Waals surface area contributed by atoms with Gasteiger partial charge in [-0.05, 0) is 54.8 Å². The maximum atomic E-state index is 12.3. The summed E-state index contributed by atoms with van der Waals surface area (Å²) in [6, 6.07) is 19.3. The summed E-state index contributed by atoms with van der Waals surface area (Å²) in [5, 5.41) is 9.13. The Morgan fingerprint density at radius 1 is 0.886 bits per heavy atom. The molecular formula is C26H26N4O5. The van der Waals surface area contributed by atoms with E-state index in [1.807, 2.05) is 32.0 Å². The molecule has 0 fully saturated rings. The third kappa shape index (κ3) is 7.16. The molecule has 0 radical (unpaired) electrons. The Kier molecular flexibility index (Phi) is 8.55. The van der Waals surface area contributed by atoms with E-state index in [1.165, 1.54) is 13.3 Å². The van der Waals surface area contributed by atoms with Crippen LogP contribution in [0.1, 0.15) is 16.7 Å². The number of aryl methyl sites for hydroxylation is 2. The van der Waals surface area contributed by atoms with Gasteiger partial charge in [-0.2, -0.15) is 5.10 Å². The van der Waals surface area contributed by atoms with Crippen LogP contribution in [0.4, 0.5) is 11.4 Å². The molecule has 0 saturated carbocycles. The van der Waals surface area contributed by atoms with Gasteiger partial charge in [0.1, 0.15) is 11.5 Å². The third-order valence-electron chi connectivity index (χ3n) is 4.91. The molecule has 0 saturated heterocycles. The quantitative estimate of drug-likeness (QED) is 0.263. The normalized spacial score (nSPS) is 10.5. The van der Waals surface area contributed by atoms with Crippen LogP contribution < -0.4 is 25.5 Å². The van der Waals surface area contributed by atoms with Crippen molar-refractivity contribution < 1.29 is 23.9 Å². The zero-order chi connectivity index (χ0) is 25.2. The molecule has 0 aromatic heterocycles. The van der Waals surface area contributed by atoms with Crippen LogP contribution >= 0.6 is 0 Å². The number of para-hydroxylation sites is 3. The van der Waals surface area contributed by atoms with Gasteiger partial charge >= 0.3 is 11.8 Å². The van der Waals surface area contributed by atoms with Crippen LogP contribution in [0.25, 0.3) is 0 Å². The summed E-state index contributed by atoms with van der Waals surface area (Å²) in [5.41, 5.74) is 5.84. The van der Waals surface area contributed by atoms with Crippen LogP contribution in [0.3, 0.4) is 0 Å². The number of ether oxygens (including phenoxy) is 2. The summed E-state index contributed by atoms with van der Waals surface area (Å²) >= 11 is 0. The Morgan fingerprint density at radius 3 is 2.34 bits per heavy atom. The average Bonchev–Trinajstić information content (AvgIpc) is 2.85. The van der Waals surface area contributed by atoms with Crippen molar-refractivity contribution in [2.75, 3.05) is 24.4 Å². The van der Waals surface area contributed by atoms with E-state index in [4.69, 9.17) is 9.47 Å². The summed E-state index contributed by atoms with van der Waals surface area (Å²) in [6.45, 7) is 3.68. The van der Waals surface area contributed by atoms with Gasteiger partial charge in [0, 0.05) is 5.69 Å². The summed E-state index contributed by atoms with van der Waals surface area (Å²) in [4.78, 5) is 36.4. The van der Waals surface area contributed by atoms with E-state index in [2.05, 4.69) is 21.2 Å². The van der Waals surface area contributed by atoms with Gasteiger partial charge in [0.2, 0.25) is 0 Å². The maximum absolute atomic E-state index is 12.3. The van der Waals surface area contributed by atoms with Crippen LogP contribution in [0.15, 0.2) is 71.8 Å². The van der Waals surface area contributed by atoms with Crippen LogP contribution in [-0.2, 0) is 14.4 Å². The molecule has 3 aromatic carbocycles. The smallest absolute Gasteiger partial charge is 0.329 e. The lowest BCUT2D eigenvalue weighted by Crippen LogP contribution is -2.32. The van der Waals surface area contributed by atoms with Gasteiger partial charge in [-0.1, -0.05) is 42.5 Å². The van der Waals surface area contributed by atoms with Crippen LogP contribution in [0.5, 0.6) is 11.5 Å².